The summed E-state index contributed by atoms with van der Waals surface area (Å²) in [4.78, 5) is 4.43. The SMILES string of the molecule is CC(CC(C)C)=NCCNCCCS(=O)(=O)C(C)O. The topological polar surface area (TPSA) is 78.8 Å². The molecule has 114 valence electrons. The number of nitrogens with one attached hydrogen (secondary N) is 1. The van der Waals surface area contributed by atoms with E-state index in [0.717, 1.165) is 25.2 Å². The quantitative estimate of drug-likeness (QED) is 0.469. The molecule has 19 heavy (non-hydrogen) atoms. The van der Waals surface area contributed by atoms with Crippen LogP contribution in [0.4, 0.5) is 0 Å². The van der Waals surface area contributed by atoms with Gasteiger partial charge >= 0.3 is 0 Å². The third kappa shape index (κ3) is 10.0. The van der Waals surface area contributed by atoms with Crippen molar-refractivity contribution >= 4 is 15.5 Å². The lowest BCUT2D eigenvalue weighted by Gasteiger charge is -2.07. The number of aliphatic hydroxyl groups is 1. The zero-order valence-corrected chi connectivity index (χ0v) is 13.3. The van der Waals surface area contributed by atoms with Crippen molar-refractivity contribution < 1.29 is 13.5 Å². The minimum atomic E-state index is -3.33. The summed E-state index contributed by atoms with van der Waals surface area (Å²) in [5, 5.41) is 12.2. The monoisotopic (exact) mass is 292 g/mol. The van der Waals surface area contributed by atoms with Gasteiger partial charge in [-0.2, -0.15) is 0 Å². The van der Waals surface area contributed by atoms with E-state index in [0.29, 0.717) is 18.9 Å². The fraction of sp³-hybridized carbons (Fsp3) is 0.923. The van der Waals surface area contributed by atoms with Crippen LogP contribution in [0.1, 0.15) is 40.5 Å². The Morgan fingerprint density at radius 3 is 2.42 bits per heavy atom. The average molecular weight is 292 g/mol. The number of aliphatic imine (C=N–C) groups is 1. The van der Waals surface area contributed by atoms with E-state index in [-0.39, 0.29) is 5.75 Å². The van der Waals surface area contributed by atoms with E-state index in [1.165, 1.54) is 6.92 Å². The van der Waals surface area contributed by atoms with Crippen LogP contribution in [0.2, 0.25) is 0 Å². The lowest BCUT2D eigenvalue weighted by molar-refractivity contribution is 0.268. The maximum atomic E-state index is 11.3. The van der Waals surface area contributed by atoms with Crippen LogP contribution in [-0.4, -0.2) is 50.1 Å². The molecule has 0 aliphatic heterocycles. The van der Waals surface area contributed by atoms with Crippen molar-refractivity contribution in [1.82, 2.24) is 5.32 Å². The molecule has 2 N–H and O–H groups in total. The third-order valence-electron chi connectivity index (χ3n) is 2.68. The number of sulfone groups is 1. The highest BCUT2D eigenvalue weighted by molar-refractivity contribution is 7.91. The van der Waals surface area contributed by atoms with Gasteiger partial charge in [-0.05, 0) is 39.2 Å². The summed E-state index contributed by atoms with van der Waals surface area (Å²) in [6, 6.07) is 0. The largest absolute Gasteiger partial charge is 0.377 e. The van der Waals surface area contributed by atoms with Crippen molar-refractivity contribution in [3.63, 3.8) is 0 Å². The van der Waals surface area contributed by atoms with E-state index < -0.39 is 15.3 Å². The smallest absolute Gasteiger partial charge is 0.176 e. The molecule has 0 aliphatic carbocycles. The maximum absolute atomic E-state index is 11.3. The third-order valence-corrected chi connectivity index (χ3v) is 4.57. The van der Waals surface area contributed by atoms with E-state index in [1.807, 2.05) is 6.92 Å². The van der Waals surface area contributed by atoms with Crippen LogP contribution in [0.3, 0.4) is 0 Å². The molecule has 0 saturated heterocycles. The Balaban J connectivity index is 3.62. The molecular weight excluding hydrogens is 264 g/mol. The van der Waals surface area contributed by atoms with E-state index in [4.69, 9.17) is 5.11 Å². The summed E-state index contributed by atoms with van der Waals surface area (Å²) < 4.78 is 22.6. The van der Waals surface area contributed by atoms with Crippen molar-refractivity contribution in [1.29, 1.82) is 0 Å². The molecule has 0 aromatic heterocycles. The lowest BCUT2D eigenvalue weighted by Crippen LogP contribution is -2.25. The molecule has 0 fully saturated rings. The molecule has 0 saturated carbocycles. The van der Waals surface area contributed by atoms with Crippen LogP contribution >= 0.6 is 0 Å². The molecular formula is C13H28N2O3S. The number of aliphatic hydroxyl groups excluding tert-OH is 1. The van der Waals surface area contributed by atoms with Gasteiger partial charge in [-0.25, -0.2) is 8.42 Å². The fourth-order valence-corrected chi connectivity index (χ4v) is 2.56. The Labute approximate surface area is 117 Å². The van der Waals surface area contributed by atoms with Gasteiger partial charge in [-0.1, -0.05) is 13.8 Å². The molecule has 0 radical (unpaired) electrons. The second-order valence-corrected chi connectivity index (χ2v) is 7.70. The van der Waals surface area contributed by atoms with Crippen molar-refractivity contribution in [2.24, 2.45) is 10.9 Å². The first-order chi connectivity index (χ1) is 8.75. The summed E-state index contributed by atoms with van der Waals surface area (Å²) in [5.74, 6) is 0.648. The Morgan fingerprint density at radius 1 is 1.26 bits per heavy atom. The van der Waals surface area contributed by atoms with Crippen molar-refractivity contribution in [2.45, 2.75) is 46.0 Å². The summed E-state index contributed by atoms with van der Waals surface area (Å²) in [6.07, 6.45) is 1.54. The molecule has 0 spiro atoms. The van der Waals surface area contributed by atoms with E-state index >= 15 is 0 Å². The van der Waals surface area contributed by atoms with Crippen LogP contribution < -0.4 is 5.32 Å². The van der Waals surface area contributed by atoms with Gasteiger partial charge in [-0.3, -0.25) is 4.99 Å². The number of hydrogen-bond acceptors (Lipinski definition) is 5. The average Bonchev–Trinajstić information content (AvgIpc) is 2.26. The van der Waals surface area contributed by atoms with Crippen LogP contribution in [-0.2, 0) is 9.84 Å². The number of rotatable bonds is 10. The second-order valence-electron chi connectivity index (χ2n) is 5.28. The molecule has 0 aromatic carbocycles. The van der Waals surface area contributed by atoms with E-state index in [1.54, 1.807) is 0 Å². The van der Waals surface area contributed by atoms with Crippen LogP contribution in [0, 0.1) is 5.92 Å². The highest BCUT2D eigenvalue weighted by Crippen LogP contribution is 2.01. The number of hydrogen-bond donors (Lipinski definition) is 2. The van der Waals surface area contributed by atoms with Crippen LogP contribution in [0.15, 0.2) is 4.99 Å². The standard InChI is InChI=1S/C13H28N2O3S/c1-11(2)10-12(3)15-8-7-14-6-5-9-19(17,18)13(4)16/h11,13-14,16H,5-10H2,1-4H3. The first kappa shape index (κ1) is 18.5. The summed E-state index contributed by atoms with van der Waals surface area (Å²) in [6.45, 7) is 9.76. The molecule has 0 rings (SSSR count). The summed E-state index contributed by atoms with van der Waals surface area (Å²) in [5.41, 5.74) is -0.107. The van der Waals surface area contributed by atoms with Gasteiger partial charge < -0.3 is 10.4 Å². The van der Waals surface area contributed by atoms with Crippen molar-refractivity contribution in [3.05, 3.63) is 0 Å². The highest BCUT2D eigenvalue weighted by atomic mass is 32.2. The predicted octanol–water partition coefficient (Wildman–Crippen LogP) is 1.23. The maximum Gasteiger partial charge on any atom is 0.176 e. The normalized spacial score (nSPS) is 14.9. The minimum absolute atomic E-state index is 0.0211. The molecule has 6 heteroatoms. The zero-order valence-electron chi connectivity index (χ0n) is 12.5. The van der Waals surface area contributed by atoms with Crippen molar-refractivity contribution in [2.75, 3.05) is 25.4 Å². The summed E-state index contributed by atoms with van der Waals surface area (Å²) in [7, 11) is -3.33. The lowest BCUT2D eigenvalue weighted by atomic mass is 10.1. The Morgan fingerprint density at radius 2 is 1.89 bits per heavy atom. The van der Waals surface area contributed by atoms with E-state index in [9.17, 15) is 8.42 Å². The van der Waals surface area contributed by atoms with Crippen LogP contribution in [0.5, 0.6) is 0 Å². The van der Waals surface area contributed by atoms with Gasteiger partial charge in [0.15, 0.2) is 15.3 Å². The van der Waals surface area contributed by atoms with Gasteiger partial charge in [0.2, 0.25) is 0 Å². The van der Waals surface area contributed by atoms with Gasteiger partial charge in [0.25, 0.3) is 0 Å². The molecule has 0 amide bonds. The fourth-order valence-electron chi connectivity index (χ4n) is 1.68. The first-order valence-electron chi connectivity index (χ1n) is 6.86. The van der Waals surface area contributed by atoms with Gasteiger partial charge in [-0.15, -0.1) is 0 Å². The Hall–Kier alpha value is -0.460. The van der Waals surface area contributed by atoms with Crippen LogP contribution in [0.25, 0.3) is 0 Å². The molecule has 0 aromatic rings. The molecule has 5 nitrogen and oxygen atoms in total. The molecule has 0 heterocycles. The zero-order chi connectivity index (χ0) is 14.9. The molecule has 1 unspecified atom stereocenters. The van der Waals surface area contributed by atoms with Crippen molar-refractivity contribution in [3.8, 4) is 0 Å². The minimum Gasteiger partial charge on any atom is -0.377 e. The summed E-state index contributed by atoms with van der Waals surface area (Å²) >= 11 is 0. The second kappa shape index (κ2) is 9.44. The van der Waals surface area contributed by atoms with Gasteiger partial charge in [0, 0.05) is 12.3 Å². The van der Waals surface area contributed by atoms with Gasteiger partial charge in [0.1, 0.15) is 0 Å². The van der Waals surface area contributed by atoms with Gasteiger partial charge in [0.05, 0.1) is 12.3 Å². The molecule has 0 aliphatic rings. The highest BCUT2D eigenvalue weighted by Gasteiger charge is 2.16. The Kier molecular flexibility index (Phi) is 9.22. The molecule has 0 bridgehead atoms. The Bertz CT molecular complexity index is 362. The van der Waals surface area contributed by atoms with E-state index in [2.05, 4.69) is 24.2 Å². The predicted molar refractivity (Wildman–Crippen MR) is 80.4 cm³/mol. The number of nitrogens with zero attached hydrogens (tertiary/aromatic N) is 1. The first-order valence-corrected chi connectivity index (χ1v) is 8.57. The molecule has 1 atom stereocenters.